The minimum Gasteiger partial charge on any atom is -0.295 e. The maximum Gasteiger partial charge on any atom is 0.243 e. The third-order valence-electron chi connectivity index (χ3n) is 5.09. The summed E-state index contributed by atoms with van der Waals surface area (Å²) >= 11 is 0. The van der Waals surface area contributed by atoms with Crippen LogP contribution in [0.2, 0.25) is 0 Å². The molecule has 0 bridgehead atoms. The Balaban J connectivity index is 1.86. The van der Waals surface area contributed by atoms with Crippen LogP contribution in [0, 0.1) is 0 Å². The molecule has 1 aliphatic heterocycles. The second-order valence-electron chi connectivity index (χ2n) is 6.84. The molecule has 5 nitrogen and oxygen atoms in total. The molecular weight excluding hydrogens is 372 g/mol. The Morgan fingerprint density at radius 1 is 1.07 bits per heavy atom. The first-order valence-electron chi connectivity index (χ1n) is 9.09. The largest absolute Gasteiger partial charge is 0.295 e. The standard InChI is InChI=1S/C22H20N2O3S/c1-16(25)18-7-4-9-20(14-18)28(26,27)24-13-11-17-6-2-3-10-21(17)22(24)19-8-5-12-23-15-19/h2-10,12,14-15,22H,11,13H2,1H3. The molecule has 1 aliphatic rings. The van der Waals surface area contributed by atoms with Gasteiger partial charge in [0.15, 0.2) is 5.78 Å². The Morgan fingerprint density at radius 3 is 2.64 bits per heavy atom. The van der Waals surface area contributed by atoms with Gasteiger partial charge in [-0.05, 0) is 48.2 Å². The number of fused-ring (bicyclic) bond motifs is 1. The lowest BCUT2D eigenvalue weighted by molar-refractivity contribution is 0.101. The maximum atomic E-state index is 13.5. The molecule has 0 amide bonds. The number of aromatic nitrogens is 1. The first kappa shape index (κ1) is 18.5. The fourth-order valence-corrected chi connectivity index (χ4v) is 5.34. The van der Waals surface area contributed by atoms with Crippen LogP contribution in [0.1, 0.15) is 40.0 Å². The average molecular weight is 392 g/mol. The van der Waals surface area contributed by atoms with Gasteiger partial charge in [-0.3, -0.25) is 9.78 Å². The monoisotopic (exact) mass is 392 g/mol. The Kier molecular flexibility index (Phi) is 4.83. The molecule has 2 aromatic carbocycles. The molecule has 0 saturated heterocycles. The van der Waals surface area contributed by atoms with Crippen molar-refractivity contribution in [3.63, 3.8) is 0 Å². The maximum absolute atomic E-state index is 13.5. The van der Waals surface area contributed by atoms with Crippen LogP contribution < -0.4 is 0 Å². The Bertz CT molecular complexity index is 1130. The molecule has 1 atom stereocenters. The van der Waals surface area contributed by atoms with E-state index in [-0.39, 0.29) is 10.7 Å². The van der Waals surface area contributed by atoms with Crippen molar-refractivity contribution in [2.45, 2.75) is 24.3 Å². The molecule has 1 aromatic heterocycles. The third-order valence-corrected chi connectivity index (χ3v) is 6.95. The van der Waals surface area contributed by atoms with Gasteiger partial charge in [-0.2, -0.15) is 4.31 Å². The molecule has 0 fully saturated rings. The van der Waals surface area contributed by atoms with Gasteiger partial charge in [0.25, 0.3) is 0 Å². The average Bonchev–Trinajstić information content (AvgIpc) is 2.73. The predicted molar refractivity (Wildman–Crippen MR) is 107 cm³/mol. The first-order chi connectivity index (χ1) is 13.5. The van der Waals surface area contributed by atoms with E-state index in [1.807, 2.05) is 36.4 Å². The molecule has 0 spiro atoms. The van der Waals surface area contributed by atoms with Crippen molar-refractivity contribution in [1.29, 1.82) is 0 Å². The zero-order valence-corrected chi connectivity index (χ0v) is 16.3. The smallest absolute Gasteiger partial charge is 0.243 e. The number of carbonyl (C=O) groups excluding carboxylic acids is 1. The van der Waals surface area contributed by atoms with Crippen molar-refractivity contribution in [3.05, 3.63) is 95.3 Å². The summed E-state index contributed by atoms with van der Waals surface area (Å²) in [6, 6.07) is 17.4. The summed E-state index contributed by atoms with van der Waals surface area (Å²) in [4.78, 5) is 16.1. The normalized spacial score (nSPS) is 17.1. The molecule has 2 heterocycles. The van der Waals surface area contributed by atoms with Crippen LogP contribution in [0.25, 0.3) is 0 Å². The van der Waals surface area contributed by atoms with Gasteiger partial charge < -0.3 is 0 Å². The quantitative estimate of drug-likeness (QED) is 0.636. The lowest BCUT2D eigenvalue weighted by Crippen LogP contribution is -2.40. The number of benzene rings is 2. The van der Waals surface area contributed by atoms with Crippen LogP contribution in [0.4, 0.5) is 0 Å². The van der Waals surface area contributed by atoms with Gasteiger partial charge in [0.05, 0.1) is 10.9 Å². The molecule has 0 radical (unpaired) electrons. The van der Waals surface area contributed by atoms with Crippen LogP contribution in [0.5, 0.6) is 0 Å². The van der Waals surface area contributed by atoms with Gasteiger partial charge in [0, 0.05) is 24.5 Å². The van der Waals surface area contributed by atoms with Crippen LogP contribution in [0.15, 0.2) is 78.0 Å². The summed E-state index contributed by atoms with van der Waals surface area (Å²) in [5, 5.41) is 0. The van der Waals surface area contributed by atoms with Crippen molar-refractivity contribution < 1.29 is 13.2 Å². The van der Waals surface area contributed by atoms with E-state index in [2.05, 4.69) is 4.98 Å². The molecular formula is C22H20N2O3S. The van der Waals surface area contributed by atoms with Crippen molar-refractivity contribution >= 4 is 15.8 Å². The van der Waals surface area contributed by atoms with E-state index in [0.29, 0.717) is 18.5 Å². The van der Waals surface area contributed by atoms with Crippen LogP contribution in [-0.2, 0) is 16.4 Å². The summed E-state index contributed by atoms with van der Waals surface area (Å²) in [5.74, 6) is -0.162. The number of nitrogens with zero attached hydrogens (tertiary/aromatic N) is 2. The second kappa shape index (κ2) is 7.30. The third kappa shape index (κ3) is 3.25. The van der Waals surface area contributed by atoms with Gasteiger partial charge in [-0.25, -0.2) is 8.42 Å². The van der Waals surface area contributed by atoms with Crippen molar-refractivity contribution in [3.8, 4) is 0 Å². The van der Waals surface area contributed by atoms with Crippen LogP contribution in [-0.4, -0.2) is 30.0 Å². The van der Waals surface area contributed by atoms with E-state index in [4.69, 9.17) is 0 Å². The van der Waals surface area contributed by atoms with Gasteiger partial charge >= 0.3 is 0 Å². The van der Waals surface area contributed by atoms with E-state index in [1.165, 1.54) is 17.3 Å². The van der Waals surface area contributed by atoms with E-state index < -0.39 is 16.1 Å². The van der Waals surface area contributed by atoms with Crippen LogP contribution >= 0.6 is 0 Å². The van der Waals surface area contributed by atoms with Crippen LogP contribution in [0.3, 0.4) is 0 Å². The zero-order valence-electron chi connectivity index (χ0n) is 15.4. The zero-order chi connectivity index (χ0) is 19.7. The molecule has 0 saturated carbocycles. The Morgan fingerprint density at radius 2 is 1.89 bits per heavy atom. The lowest BCUT2D eigenvalue weighted by Gasteiger charge is -2.36. The summed E-state index contributed by atoms with van der Waals surface area (Å²) in [6.45, 7) is 1.80. The summed E-state index contributed by atoms with van der Waals surface area (Å²) < 4.78 is 28.6. The summed E-state index contributed by atoms with van der Waals surface area (Å²) in [7, 11) is -3.80. The van der Waals surface area contributed by atoms with Gasteiger partial charge in [-0.15, -0.1) is 0 Å². The number of rotatable bonds is 4. The molecule has 0 N–H and O–H groups in total. The molecule has 3 aromatic rings. The highest BCUT2D eigenvalue weighted by Gasteiger charge is 2.37. The number of hydrogen-bond donors (Lipinski definition) is 0. The predicted octanol–water partition coefficient (Wildman–Crippen LogP) is 3.62. The highest BCUT2D eigenvalue weighted by atomic mass is 32.2. The molecule has 4 rings (SSSR count). The first-order valence-corrected chi connectivity index (χ1v) is 10.5. The molecule has 1 unspecified atom stereocenters. The minimum atomic E-state index is -3.80. The number of carbonyl (C=O) groups is 1. The van der Waals surface area contributed by atoms with E-state index >= 15 is 0 Å². The topological polar surface area (TPSA) is 67.3 Å². The fourth-order valence-electron chi connectivity index (χ4n) is 3.70. The van der Waals surface area contributed by atoms with Crippen molar-refractivity contribution in [2.24, 2.45) is 0 Å². The SMILES string of the molecule is CC(=O)c1cccc(S(=O)(=O)N2CCc3ccccc3C2c2cccnc2)c1. The van der Waals surface area contributed by atoms with E-state index in [0.717, 1.165) is 16.7 Å². The number of ketones is 1. The summed E-state index contributed by atoms with van der Waals surface area (Å²) in [5.41, 5.74) is 3.31. The van der Waals surface area contributed by atoms with Gasteiger partial charge in [0.1, 0.15) is 0 Å². The molecule has 0 aliphatic carbocycles. The Labute approximate surface area is 164 Å². The van der Waals surface area contributed by atoms with E-state index in [9.17, 15) is 13.2 Å². The number of hydrogen-bond acceptors (Lipinski definition) is 4. The highest BCUT2D eigenvalue weighted by Crippen LogP contribution is 2.38. The second-order valence-corrected chi connectivity index (χ2v) is 8.73. The van der Waals surface area contributed by atoms with Crippen molar-refractivity contribution in [1.82, 2.24) is 9.29 Å². The number of sulfonamides is 1. The molecule has 6 heteroatoms. The molecule has 142 valence electrons. The number of pyridine rings is 1. The minimum absolute atomic E-state index is 0.133. The van der Waals surface area contributed by atoms with Crippen molar-refractivity contribution in [2.75, 3.05) is 6.54 Å². The summed E-state index contributed by atoms with van der Waals surface area (Å²) in [6.07, 6.45) is 4.02. The lowest BCUT2D eigenvalue weighted by atomic mass is 9.91. The van der Waals surface area contributed by atoms with E-state index in [1.54, 1.807) is 30.6 Å². The van der Waals surface area contributed by atoms with Gasteiger partial charge in [0.2, 0.25) is 10.0 Å². The Hall–Kier alpha value is -2.83. The highest BCUT2D eigenvalue weighted by molar-refractivity contribution is 7.89. The van der Waals surface area contributed by atoms with Gasteiger partial charge in [-0.1, -0.05) is 42.5 Å². The molecule has 28 heavy (non-hydrogen) atoms. The fraction of sp³-hybridized carbons (Fsp3) is 0.182. The number of Topliss-reactive ketones (excluding diaryl/α,β-unsaturated/α-hetero) is 1.